The molecular weight excluding hydrogens is 653 g/mol. The van der Waals surface area contributed by atoms with Crippen LogP contribution in [0.4, 0.5) is 0 Å². The van der Waals surface area contributed by atoms with Gasteiger partial charge in [0, 0.05) is 33.3 Å². The van der Waals surface area contributed by atoms with Gasteiger partial charge < -0.3 is 4.57 Å². The molecular formula is C52H34N2. The Morgan fingerprint density at radius 1 is 0.389 bits per heavy atom. The van der Waals surface area contributed by atoms with Gasteiger partial charge in [0.05, 0.1) is 22.2 Å². The zero-order valence-corrected chi connectivity index (χ0v) is 29.5. The molecule has 252 valence electrons. The number of rotatable bonds is 5. The summed E-state index contributed by atoms with van der Waals surface area (Å²) in [6.45, 7) is 0. The van der Waals surface area contributed by atoms with Crippen LogP contribution in [-0.2, 0) is 0 Å². The lowest BCUT2D eigenvalue weighted by atomic mass is 9.87. The summed E-state index contributed by atoms with van der Waals surface area (Å²) in [4.78, 5) is 5.00. The lowest BCUT2D eigenvalue weighted by Crippen LogP contribution is -2.03. The second kappa shape index (κ2) is 12.3. The van der Waals surface area contributed by atoms with Crippen molar-refractivity contribution in [3.05, 3.63) is 217 Å². The zero-order chi connectivity index (χ0) is 35.6. The highest BCUT2D eigenvalue weighted by Gasteiger charge is 2.30. The van der Waals surface area contributed by atoms with Crippen LogP contribution in [0.5, 0.6) is 0 Å². The van der Waals surface area contributed by atoms with Crippen molar-refractivity contribution < 1.29 is 0 Å². The van der Waals surface area contributed by atoms with E-state index < -0.39 is 0 Å². The van der Waals surface area contributed by atoms with E-state index in [1.165, 1.54) is 71.9 Å². The van der Waals surface area contributed by atoms with Crippen LogP contribution in [0.15, 0.2) is 200 Å². The molecule has 2 heteroatoms. The minimum atomic E-state index is 0.124. The largest absolute Gasteiger partial charge is 0.309 e. The molecule has 0 atom stereocenters. The van der Waals surface area contributed by atoms with Gasteiger partial charge in [0.15, 0.2) is 0 Å². The summed E-state index contributed by atoms with van der Waals surface area (Å²) in [5.41, 5.74) is 18.1. The summed E-state index contributed by atoms with van der Waals surface area (Å²) in [6.07, 6.45) is 0. The van der Waals surface area contributed by atoms with E-state index >= 15 is 0 Å². The molecule has 0 aliphatic heterocycles. The highest BCUT2D eigenvalue weighted by atomic mass is 15.0. The molecule has 0 amide bonds. The second-order valence-corrected chi connectivity index (χ2v) is 14.3. The fourth-order valence-electron chi connectivity index (χ4n) is 8.78. The van der Waals surface area contributed by atoms with Crippen LogP contribution in [0.25, 0.3) is 83.0 Å². The minimum absolute atomic E-state index is 0.124. The quantitative estimate of drug-likeness (QED) is 0.176. The van der Waals surface area contributed by atoms with Crippen LogP contribution >= 0.6 is 0 Å². The SMILES string of the molecule is c1cc(-c2cccc(-c3ccc4ccccc4n3)c2)cc(-c2cc(C3c4ccccc4-c4ccccc43)cc(-n3c4ccccc4c4ccccc43)c2)c1. The summed E-state index contributed by atoms with van der Waals surface area (Å²) in [6, 6.07) is 73.0. The molecule has 0 fully saturated rings. The van der Waals surface area contributed by atoms with Crippen LogP contribution in [-0.4, -0.2) is 9.55 Å². The lowest BCUT2D eigenvalue weighted by molar-refractivity contribution is 1.01. The van der Waals surface area contributed by atoms with E-state index in [-0.39, 0.29) is 5.92 Å². The lowest BCUT2D eigenvalue weighted by Gasteiger charge is -2.19. The Kier molecular flexibility index (Phi) is 6.96. The van der Waals surface area contributed by atoms with Crippen molar-refractivity contribution in [2.45, 2.75) is 5.92 Å². The Labute approximate surface area is 314 Å². The smallest absolute Gasteiger partial charge is 0.0709 e. The molecule has 0 spiro atoms. The van der Waals surface area contributed by atoms with Crippen LogP contribution in [0.3, 0.4) is 0 Å². The standard InChI is InChI=1S/C52H34N2/c1-8-24-48-34(13-1)27-28-49(53-48)38-17-12-15-36(30-38)35-14-11-16-37(29-35)39-31-40(52-46-22-4-2-18-42(46)43-19-3-5-23-47(43)52)33-41(32-39)54-50-25-9-6-20-44(50)45-21-7-10-26-51(45)54/h1-33,52H. The van der Waals surface area contributed by atoms with Gasteiger partial charge in [-0.25, -0.2) is 4.98 Å². The molecule has 0 bridgehead atoms. The Bertz CT molecular complexity index is 2980. The molecule has 0 unspecified atom stereocenters. The van der Waals surface area contributed by atoms with Gasteiger partial charge in [-0.15, -0.1) is 0 Å². The molecule has 11 rings (SSSR count). The van der Waals surface area contributed by atoms with Crippen molar-refractivity contribution in [2.24, 2.45) is 0 Å². The van der Waals surface area contributed by atoms with E-state index in [9.17, 15) is 0 Å². The molecule has 0 N–H and O–H groups in total. The molecule has 0 saturated carbocycles. The first-order valence-corrected chi connectivity index (χ1v) is 18.7. The average Bonchev–Trinajstić information content (AvgIpc) is 3.77. The fraction of sp³-hybridized carbons (Fsp3) is 0.0192. The number of nitrogens with zero attached hydrogens (tertiary/aromatic N) is 2. The average molecular weight is 687 g/mol. The number of benzene rings is 8. The number of hydrogen-bond donors (Lipinski definition) is 0. The van der Waals surface area contributed by atoms with Crippen molar-refractivity contribution in [1.82, 2.24) is 9.55 Å². The molecule has 10 aromatic rings. The first-order chi connectivity index (χ1) is 26.8. The van der Waals surface area contributed by atoms with Gasteiger partial charge in [-0.3, -0.25) is 0 Å². The number of pyridine rings is 1. The number of hydrogen-bond acceptors (Lipinski definition) is 1. The highest BCUT2D eigenvalue weighted by Crippen LogP contribution is 2.49. The zero-order valence-electron chi connectivity index (χ0n) is 29.5. The molecule has 1 aliphatic rings. The van der Waals surface area contributed by atoms with Crippen LogP contribution in [0.2, 0.25) is 0 Å². The molecule has 2 nitrogen and oxygen atoms in total. The Morgan fingerprint density at radius 2 is 0.944 bits per heavy atom. The van der Waals surface area contributed by atoms with Crippen molar-refractivity contribution in [3.63, 3.8) is 0 Å². The predicted octanol–water partition coefficient (Wildman–Crippen LogP) is 13.5. The van der Waals surface area contributed by atoms with Crippen molar-refractivity contribution >= 4 is 32.7 Å². The summed E-state index contributed by atoms with van der Waals surface area (Å²) >= 11 is 0. The van der Waals surface area contributed by atoms with Gasteiger partial charge in [0.2, 0.25) is 0 Å². The summed E-state index contributed by atoms with van der Waals surface area (Å²) in [5, 5.41) is 3.68. The molecule has 54 heavy (non-hydrogen) atoms. The monoisotopic (exact) mass is 686 g/mol. The van der Waals surface area contributed by atoms with Crippen LogP contribution in [0, 0.1) is 0 Å². The van der Waals surface area contributed by atoms with Gasteiger partial charge in [0.25, 0.3) is 0 Å². The van der Waals surface area contributed by atoms with E-state index in [2.05, 4.69) is 199 Å². The van der Waals surface area contributed by atoms with Crippen molar-refractivity contribution in [1.29, 1.82) is 0 Å². The van der Waals surface area contributed by atoms with E-state index in [0.29, 0.717) is 0 Å². The third-order valence-corrected chi connectivity index (χ3v) is 11.2. The third-order valence-electron chi connectivity index (χ3n) is 11.2. The summed E-state index contributed by atoms with van der Waals surface area (Å²) < 4.78 is 2.45. The normalized spacial score (nSPS) is 12.4. The Balaban J connectivity index is 1.10. The van der Waals surface area contributed by atoms with E-state index in [0.717, 1.165) is 27.8 Å². The molecule has 0 radical (unpaired) electrons. The first kappa shape index (κ1) is 30.6. The highest BCUT2D eigenvalue weighted by molar-refractivity contribution is 6.09. The van der Waals surface area contributed by atoms with Gasteiger partial charge in [0.1, 0.15) is 0 Å². The second-order valence-electron chi connectivity index (χ2n) is 14.3. The van der Waals surface area contributed by atoms with E-state index in [1.807, 2.05) is 6.07 Å². The first-order valence-electron chi connectivity index (χ1n) is 18.7. The van der Waals surface area contributed by atoms with Crippen molar-refractivity contribution in [2.75, 3.05) is 0 Å². The Morgan fingerprint density at radius 3 is 1.65 bits per heavy atom. The molecule has 2 aromatic heterocycles. The molecule has 1 aliphatic carbocycles. The number of fused-ring (bicyclic) bond motifs is 7. The molecule has 0 saturated heterocycles. The maximum absolute atomic E-state index is 5.00. The third kappa shape index (κ3) is 4.92. The van der Waals surface area contributed by atoms with E-state index in [4.69, 9.17) is 4.98 Å². The van der Waals surface area contributed by atoms with Gasteiger partial charge in [-0.1, -0.05) is 152 Å². The maximum Gasteiger partial charge on any atom is 0.0709 e. The number of para-hydroxylation sites is 3. The van der Waals surface area contributed by atoms with Crippen molar-refractivity contribution in [3.8, 4) is 50.3 Å². The minimum Gasteiger partial charge on any atom is -0.309 e. The van der Waals surface area contributed by atoms with Gasteiger partial charge >= 0.3 is 0 Å². The summed E-state index contributed by atoms with van der Waals surface area (Å²) in [7, 11) is 0. The predicted molar refractivity (Wildman–Crippen MR) is 225 cm³/mol. The van der Waals surface area contributed by atoms with Crippen LogP contribution < -0.4 is 0 Å². The van der Waals surface area contributed by atoms with E-state index in [1.54, 1.807) is 0 Å². The Hall–Kier alpha value is -7.03. The number of aromatic nitrogens is 2. The van der Waals surface area contributed by atoms with Crippen LogP contribution in [0.1, 0.15) is 22.6 Å². The topological polar surface area (TPSA) is 17.8 Å². The molecule has 2 heterocycles. The maximum atomic E-state index is 5.00. The summed E-state index contributed by atoms with van der Waals surface area (Å²) in [5.74, 6) is 0.124. The van der Waals surface area contributed by atoms with Gasteiger partial charge in [-0.2, -0.15) is 0 Å². The fourth-order valence-corrected chi connectivity index (χ4v) is 8.78. The molecule has 8 aromatic carbocycles. The van der Waals surface area contributed by atoms with Gasteiger partial charge in [-0.05, 0) is 98.6 Å².